The first-order valence-electron chi connectivity index (χ1n) is 2.58. The molecule has 0 bridgehead atoms. The van der Waals surface area contributed by atoms with E-state index in [-0.39, 0.29) is 0 Å². The SMILES string of the molecule is C=CC(OC(C)=O)C(=O)[O-]. The van der Waals surface area contributed by atoms with E-state index in [0.29, 0.717) is 0 Å². The zero-order valence-electron chi connectivity index (χ0n) is 5.49. The van der Waals surface area contributed by atoms with E-state index in [4.69, 9.17) is 0 Å². The number of hydrogen-bond donors (Lipinski definition) is 0. The average molecular weight is 143 g/mol. The molecule has 0 aromatic rings. The Kier molecular flexibility index (Phi) is 3.17. The number of esters is 1. The predicted molar refractivity (Wildman–Crippen MR) is 30.8 cm³/mol. The van der Waals surface area contributed by atoms with Crippen LogP contribution in [0.3, 0.4) is 0 Å². The minimum Gasteiger partial charge on any atom is -0.546 e. The van der Waals surface area contributed by atoms with Crippen LogP contribution in [0.25, 0.3) is 0 Å². The fourth-order valence-electron chi connectivity index (χ4n) is 0.371. The molecule has 4 heteroatoms. The molecule has 4 nitrogen and oxygen atoms in total. The van der Waals surface area contributed by atoms with Crippen LogP contribution in [0.2, 0.25) is 0 Å². The Bertz CT molecular complexity index is 161. The number of carboxylic acid groups (broad SMARTS) is 1. The van der Waals surface area contributed by atoms with Crippen LogP contribution in [-0.4, -0.2) is 18.0 Å². The second-order valence-corrected chi connectivity index (χ2v) is 1.58. The third-order valence-electron chi connectivity index (χ3n) is 0.739. The molecule has 0 heterocycles. The summed E-state index contributed by atoms with van der Waals surface area (Å²) in [5.74, 6) is -2.14. The maximum Gasteiger partial charge on any atom is 0.303 e. The van der Waals surface area contributed by atoms with Crippen molar-refractivity contribution in [3.05, 3.63) is 12.7 Å². The molecule has 1 atom stereocenters. The summed E-state index contributed by atoms with van der Waals surface area (Å²) in [5.41, 5.74) is 0. The topological polar surface area (TPSA) is 66.4 Å². The van der Waals surface area contributed by atoms with E-state index >= 15 is 0 Å². The minimum absolute atomic E-state index is 0.672. The molecule has 0 aliphatic carbocycles. The number of carbonyl (C=O) groups is 2. The molecule has 56 valence electrons. The molecule has 0 saturated carbocycles. The fourth-order valence-corrected chi connectivity index (χ4v) is 0.371. The molecule has 0 N–H and O–H groups in total. The molecular weight excluding hydrogens is 136 g/mol. The van der Waals surface area contributed by atoms with Crippen LogP contribution >= 0.6 is 0 Å². The Hall–Kier alpha value is -1.32. The second-order valence-electron chi connectivity index (χ2n) is 1.58. The molecule has 0 rings (SSSR count). The van der Waals surface area contributed by atoms with E-state index in [1.807, 2.05) is 0 Å². The molecule has 0 aliphatic rings. The molecule has 0 amide bonds. The van der Waals surface area contributed by atoms with Crippen LogP contribution in [0.1, 0.15) is 6.92 Å². The van der Waals surface area contributed by atoms with Crippen LogP contribution in [0.15, 0.2) is 12.7 Å². The Labute approximate surface area is 58.1 Å². The number of carboxylic acids is 1. The summed E-state index contributed by atoms with van der Waals surface area (Å²) in [4.78, 5) is 20.2. The molecule has 0 aromatic carbocycles. The van der Waals surface area contributed by atoms with Gasteiger partial charge >= 0.3 is 5.97 Å². The summed E-state index contributed by atoms with van der Waals surface area (Å²) < 4.78 is 4.24. The number of carbonyl (C=O) groups excluding carboxylic acids is 2. The molecule has 0 aromatic heterocycles. The Morgan fingerprint density at radius 2 is 2.20 bits per heavy atom. The lowest BCUT2D eigenvalue weighted by atomic mass is 10.3. The van der Waals surface area contributed by atoms with Crippen molar-refractivity contribution in [2.75, 3.05) is 0 Å². The maximum atomic E-state index is 10.2. The van der Waals surface area contributed by atoms with Gasteiger partial charge < -0.3 is 14.6 Å². The number of rotatable bonds is 3. The first-order chi connectivity index (χ1) is 4.57. The largest absolute Gasteiger partial charge is 0.546 e. The van der Waals surface area contributed by atoms with Gasteiger partial charge in [-0.25, -0.2) is 0 Å². The molecule has 0 radical (unpaired) electrons. The number of hydrogen-bond acceptors (Lipinski definition) is 4. The molecule has 0 aliphatic heterocycles. The Morgan fingerprint density at radius 1 is 1.70 bits per heavy atom. The van der Waals surface area contributed by atoms with Crippen LogP contribution < -0.4 is 5.11 Å². The van der Waals surface area contributed by atoms with Crippen molar-refractivity contribution >= 4 is 11.9 Å². The summed E-state index contributed by atoms with van der Waals surface area (Å²) in [6.07, 6.45) is -0.353. The molecule has 0 saturated heterocycles. The van der Waals surface area contributed by atoms with Crippen molar-refractivity contribution in [1.29, 1.82) is 0 Å². The molecule has 0 spiro atoms. The summed E-state index contributed by atoms with van der Waals surface area (Å²) in [7, 11) is 0. The van der Waals surface area contributed by atoms with E-state index < -0.39 is 18.0 Å². The number of aliphatic carboxylic acids is 1. The van der Waals surface area contributed by atoms with Gasteiger partial charge in [0.1, 0.15) is 0 Å². The summed E-state index contributed by atoms with van der Waals surface area (Å²) in [6, 6.07) is 0. The maximum absolute atomic E-state index is 10.2. The van der Waals surface area contributed by atoms with Crippen LogP contribution in [-0.2, 0) is 14.3 Å². The van der Waals surface area contributed by atoms with Gasteiger partial charge in [-0.2, -0.15) is 0 Å². The van der Waals surface area contributed by atoms with Gasteiger partial charge in [0.2, 0.25) is 0 Å². The van der Waals surface area contributed by atoms with Crippen molar-refractivity contribution in [2.45, 2.75) is 13.0 Å². The highest BCUT2D eigenvalue weighted by atomic mass is 16.6. The predicted octanol–water partition coefficient (Wildman–Crippen LogP) is -1.15. The fraction of sp³-hybridized carbons (Fsp3) is 0.333. The van der Waals surface area contributed by atoms with E-state index in [1.54, 1.807) is 0 Å². The Morgan fingerprint density at radius 3 is 2.30 bits per heavy atom. The van der Waals surface area contributed by atoms with E-state index in [0.717, 1.165) is 13.0 Å². The average Bonchev–Trinajstić information content (AvgIpc) is 1.81. The second kappa shape index (κ2) is 3.66. The highest BCUT2D eigenvalue weighted by molar-refractivity contribution is 5.77. The Balaban J connectivity index is 3.96. The highest BCUT2D eigenvalue weighted by Gasteiger charge is 2.06. The van der Waals surface area contributed by atoms with Crippen molar-refractivity contribution in [3.8, 4) is 0 Å². The summed E-state index contributed by atoms with van der Waals surface area (Å²) >= 11 is 0. The molecule has 0 fully saturated rings. The monoisotopic (exact) mass is 143 g/mol. The van der Waals surface area contributed by atoms with Gasteiger partial charge in [0.05, 0.1) is 5.97 Å². The van der Waals surface area contributed by atoms with Crippen molar-refractivity contribution in [1.82, 2.24) is 0 Å². The van der Waals surface area contributed by atoms with Gasteiger partial charge in [-0.15, -0.1) is 0 Å². The van der Waals surface area contributed by atoms with Crippen LogP contribution in [0.4, 0.5) is 0 Å². The molecular formula is C6H7O4-. The van der Waals surface area contributed by atoms with E-state index in [9.17, 15) is 14.7 Å². The van der Waals surface area contributed by atoms with Crippen molar-refractivity contribution in [2.24, 2.45) is 0 Å². The molecule has 1 unspecified atom stereocenters. The van der Waals surface area contributed by atoms with Gasteiger partial charge in [-0.3, -0.25) is 4.79 Å². The van der Waals surface area contributed by atoms with Gasteiger partial charge in [-0.1, -0.05) is 6.58 Å². The quantitative estimate of drug-likeness (QED) is 0.369. The van der Waals surface area contributed by atoms with Gasteiger partial charge in [0, 0.05) is 6.92 Å². The summed E-state index contributed by atoms with van der Waals surface area (Å²) in [6.45, 7) is 4.25. The van der Waals surface area contributed by atoms with Crippen molar-refractivity contribution < 1.29 is 19.4 Å². The van der Waals surface area contributed by atoms with Gasteiger partial charge in [0.25, 0.3) is 0 Å². The standard InChI is InChI=1S/C6H8O4/c1-3-5(6(8)9)10-4(2)7/h3,5H,1H2,2H3,(H,8,9)/p-1. The summed E-state index contributed by atoms with van der Waals surface area (Å²) in [5, 5.41) is 10.0. The lowest BCUT2D eigenvalue weighted by Gasteiger charge is -2.12. The molecule has 10 heavy (non-hydrogen) atoms. The normalized spacial score (nSPS) is 11.7. The minimum atomic E-state index is -1.47. The third kappa shape index (κ3) is 2.86. The lowest BCUT2D eigenvalue weighted by molar-refractivity contribution is -0.313. The first-order valence-corrected chi connectivity index (χ1v) is 2.58. The zero-order chi connectivity index (χ0) is 8.15. The smallest absolute Gasteiger partial charge is 0.303 e. The first kappa shape index (κ1) is 8.68. The van der Waals surface area contributed by atoms with E-state index in [1.165, 1.54) is 0 Å². The van der Waals surface area contributed by atoms with Crippen LogP contribution in [0.5, 0.6) is 0 Å². The van der Waals surface area contributed by atoms with Crippen molar-refractivity contribution in [3.63, 3.8) is 0 Å². The van der Waals surface area contributed by atoms with Gasteiger partial charge in [-0.05, 0) is 6.08 Å². The third-order valence-corrected chi connectivity index (χ3v) is 0.739. The van der Waals surface area contributed by atoms with Crippen LogP contribution in [0, 0.1) is 0 Å². The zero-order valence-corrected chi connectivity index (χ0v) is 5.49. The van der Waals surface area contributed by atoms with E-state index in [2.05, 4.69) is 11.3 Å². The van der Waals surface area contributed by atoms with Gasteiger partial charge in [0.15, 0.2) is 6.10 Å². The number of ether oxygens (including phenoxy) is 1. The highest BCUT2D eigenvalue weighted by Crippen LogP contribution is 1.91. The lowest BCUT2D eigenvalue weighted by Crippen LogP contribution is -2.36.